The van der Waals surface area contributed by atoms with Crippen LogP contribution in [0.25, 0.3) is 6.08 Å². The van der Waals surface area contributed by atoms with E-state index in [9.17, 15) is 14.4 Å². The van der Waals surface area contributed by atoms with Crippen molar-refractivity contribution >= 4 is 68.7 Å². The molecule has 0 bridgehead atoms. The molecule has 1 aliphatic rings. The Bertz CT molecular complexity index is 1070. The molecule has 3 rings (SSSR count). The van der Waals surface area contributed by atoms with Gasteiger partial charge < -0.3 is 9.47 Å². The van der Waals surface area contributed by atoms with Crippen molar-refractivity contribution in [2.24, 2.45) is 0 Å². The van der Waals surface area contributed by atoms with Gasteiger partial charge in [0.2, 0.25) is 0 Å². The highest BCUT2D eigenvalue weighted by atomic mass is 79.9. The molecule has 29 heavy (non-hydrogen) atoms. The minimum absolute atomic E-state index is 0.162. The van der Waals surface area contributed by atoms with E-state index in [0.29, 0.717) is 21.5 Å². The number of nitrogens with one attached hydrogen (secondary N) is 1. The molecular weight excluding hydrogens is 487 g/mol. The van der Waals surface area contributed by atoms with Crippen LogP contribution in [0.5, 0.6) is 11.5 Å². The molecule has 2 aromatic rings. The van der Waals surface area contributed by atoms with E-state index in [4.69, 9.17) is 32.7 Å². The fourth-order valence-electron chi connectivity index (χ4n) is 2.65. The van der Waals surface area contributed by atoms with Crippen LogP contribution in [0.1, 0.15) is 5.56 Å². The van der Waals surface area contributed by atoms with E-state index < -0.39 is 17.8 Å². The number of rotatable bonds is 4. The van der Waals surface area contributed by atoms with E-state index in [-0.39, 0.29) is 21.3 Å². The smallest absolute Gasteiger partial charge is 0.335 e. The van der Waals surface area contributed by atoms with Gasteiger partial charge in [-0.15, -0.1) is 0 Å². The molecule has 1 saturated heterocycles. The van der Waals surface area contributed by atoms with Crippen molar-refractivity contribution in [3.05, 3.63) is 56.0 Å². The Morgan fingerprint density at radius 3 is 2.28 bits per heavy atom. The standard InChI is InChI=1S/C19H13BrCl2N2O5/c1-28-15-6-9(12(20)8-16(15)29-2)5-11-17(25)23-19(27)24(18(11)26)10-3-4-13(21)14(22)7-10/h3-8H,1-2H3,(H,23,25,27)/b11-5+. The number of hydrogen-bond acceptors (Lipinski definition) is 5. The summed E-state index contributed by atoms with van der Waals surface area (Å²) in [4.78, 5) is 38.4. The van der Waals surface area contributed by atoms with Crippen LogP contribution in [-0.4, -0.2) is 32.1 Å². The van der Waals surface area contributed by atoms with Crippen molar-refractivity contribution in [1.29, 1.82) is 0 Å². The molecule has 1 heterocycles. The van der Waals surface area contributed by atoms with Gasteiger partial charge in [0.15, 0.2) is 11.5 Å². The Morgan fingerprint density at radius 1 is 1.00 bits per heavy atom. The van der Waals surface area contributed by atoms with Crippen molar-refractivity contribution in [2.75, 3.05) is 19.1 Å². The number of halogens is 3. The van der Waals surface area contributed by atoms with Gasteiger partial charge in [0.05, 0.1) is 30.0 Å². The monoisotopic (exact) mass is 498 g/mol. The molecule has 1 N–H and O–H groups in total. The zero-order chi connectivity index (χ0) is 21.3. The maximum Gasteiger partial charge on any atom is 0.335 e. The number of barbiturate groups is 1. The first-order valence-electron chi connectivity index (χ1n) is 8.04. The Kier molecular flexibility index (Phi) is 6.16. The maximum atomic E-state index is 13.0. The van der Waals surface area contributed by atoms with Crippen molar-refractivity contribution in [3.8, 4) is 11.5 Å². The van der Waals surface area contributed by atoms with Crippen molar-refractivity contribution < 1.29 is 23.9 Å². The van der Waals surface area contributed by atoms with E-state index in [2.05, 4.69) is 21.2 Å². The molecule has 1 fully saturated rings. The van der Waals surface area contributed by atoms with Crippen LogP contribution < -0.4 is 19.7 Å². The van der Waals surface area contributed by atoms with Crippen LogP contribution in [0, 0.1) is 0 Å². The molecular formula is C19H13BrCl2N2O5. The molecule has 0 aliphatic carbocycles. The highest BCUT2D eigenvalue weighted by molar-refractivity contribution is 9.10. The third-order valence-electron chi connectivity index (χ3n) is 4.07. The maximum absolute atomic E-state index is 13.0. The average Bonchev–Trinajstić information content (AvgIpc) is 2.68. The van der Waals surface area contributed by atoms with Crippen molar-refractivity contribution in [3.63, 3.8) is 0 Å². The lowest BCUT2D eigenvalue weighted by Crippen LogP contribution is -2.54. The summed E-state index contributed by atoms with van der Waals surface area (Å²) in [6.07, 6.45) is 1.35. The van der Waals surface area contributed by atoms with Crippen LogP contribution in [-0.2, 0) is 9.59 Å². The zero-order valence-corrected chi connectivity index (χ0v) is 18.2. The number of hydrogen-bond donors (Lipinski definition) is 1. The van der Waals surface area contributed by atoms with E-state index in [1.165, 1.54) is 38.5 Å². The normalized spacial score (nSPS) is 15.6. The van der Waals surface area contributed by atoms with E-state index in [1.807, 2.05) is 0 Å². The summed E-state index contributed by atoms with van der Waals surface area (Å²) in [5, 5.41) is 2.57. The van der Waals surface area contributed by atoms with Gasteiger partial charge >= 0.3 is 6.03 Å². The highest BCUT2D eigenvalue weighted by Gasteiger charge is 2.37. The first kappa shape index (κ1) is 21.2. The summed E-state index contributed by atoms with van der Waals surface area (Å²) < 4.78 is 11.0. The quantitative estimate of drug-likeness (QED) is 0.496. The lowest BCUT2D eigenvalue weighted by atomic mass is 10.1. The molecule has 0 unspecified atom stereocenters. The minimum Gasteiger partial charge on any atom is -0.493 e. The number of carbonyl (C=O) groups is 3. The molecule has 0 atom stereocenters. The highest BCUT2D eigenvalue weighted by Crippen LogP contribution is 2.35. The lowest BCUT2D eigenvalue weighted by molar-refractivity contribution is -0.122. The fraction of sp³-hybridized carbons (Fsp3) is 0.105. The number of urea groups is 1. The Balaban J connectivity index is 2.07. The summed E-state index contributed by atoms with van der Waals surface area (Å²) in [5.74, 6) is -0.756. The third kappa shape index (κ3) is 4.10. The molecule has 0 aromatic heterocycles. The molecule has 2 aromatic carbocycles. The topological polar surface area (TPSA) is 84.9 Å². The molecule has 1 aliphatic heterocycles. The van der Waals surface area contributed by atoms with Crippen LogP contribution in [0.15, 0.2) is 40.4 Å². The number of methoxy groups -OCH3 is 2. The molecule has 0 spiro atoms. The Hall–Kier alpha value is -2.55. The number of ether oxygens (including phenoxy) is 2. The summed E-state index contributed by atoms with van der Waals surface area (Å²) in [5.41, 5.74) is 0.403. The van der Waals surface area contributed by atoms with Crippen LogP contribution >= 0.6 is 39.1 Å². The molecule has 150 valence electrons. The van der Waals surface area contributed by atoms with E-state index in [1.54, 1.807) is 12.1 Å². The van der Waals surface area contributed by atoms with Gasteiger partial charge in [-0.25, -0.2) is 9.69 Å². The number of anilines is 1. The van der Waals surface area contributed by atoms with E-state index in [0.717, 1.165) is 4.90 Å². The van der Waals surface area contributed by atoms with Gasteiger partial charge in [-0.2, -0.15) is 0 Å². The second-order valence-corrected chi connectivity index (χ2v) is 7.45. The number of nitrogens with zero attached hydrogens (tertiary/aromatic N) is 1. The van der Waals surface area contributed by atoms with Crippen molar-refractivity contribution in [2.45, 2.75) is 0 Å². The van der Waals surface area contributed by atoms with Gasteiger partial charge in [0, 0.05) is 4.47 Å². The average molecular weight is 500 g/mol. The van der Waals surface area contributed by atoms with Crippen LogP contribution in [0.4, 0.5) is 10.5 Å². The van der Waals surface area contributed by atoms with Gasteiger partial charge in [-0.3, -0.25) is 14.9 Å². The van der Waals surface area contributed by atoms with Gasteiger partial charge in [0.1, 0.15) is 5.57 Å². The van der Waals surface area contributed by atoms with Gasteiger partial charge in [-0.1, -0.05) is 39.1 Å². The number of imide groups is 2. The summed E-state index contributed by atoms with van der Waals surface area (Å²) in [6, 6.07) is 6.60. The fourth-order valence-corrected chi connectivity index (χ4v) is 3.38. The Labute approximate surface area is 184 Å². The summed E-state index contributed by atoms with van der Waals surface area (Å²) in [6.45, 7) is 0. The van der Waals surface area contributed by atoms with Gasteiger partial charge in [0.25, 0.3) is 11.8 Å². The molecule has 4 amide bonds. The minimum atomic E-state index is -0.887. The predicted molar refractivity (Wildman–Crippen MR) is 113 cm³/mol. The predicted octanol–water partition coefficient (Wildman–Crippen LogP) is 4.44. The number of amides is 4. The SMILES string of the molecule is COc1cc(Br)c(/C=C2\C(=O)NC(=O)N(c3ccc(Cl)c(Cl)c3)C2=O)cc1OC. The van der Waals surface area contributed by atoms with Crippen molar-refractivity contribution in [1.82, 2.24) is 5.32 Å². The van der Waals surface area contributed by atoms with E-state index >= 15 is 0 Å². The summed E-state index contributed by atoms with van der Waals surface area (Å²) >= 11 is 15.3. The summed E-state index contributed by atoms with van der Waals surface area (Å²) in [7, 11) is 2.95. The zero-order valence-electron chi connectivity index (χ0n) is 15.1. The molecule has 7 nitrogen and oxygen atoms in total. The first-order valence-corrected chi connectivity index (χ1v) is 9.59. The lowest BCUT2D eigenvalue weighted by Gasteiger charge is -2.26. The first-order chi connectivity index (χ1) is 13.8. The second kappa shape index (κ2) is 8.44. The largest absolute Gasteiger partial charge is 0.493 e. The molecule has 0 saturated carbocycles. The van der Waals surface area contributed by atoms with Gasteiger partial charge in [-0.05, 0) is 42.0 Å². The number of benzene rings is 2. The second-order valence-electron chi connectivity index (χ2n) is 5.78. The Morgan fingerprint density at radius 2 is 1.66 bits per heavy atom. The molecule has 0 radical (unpaired) electrons. The molecule has 10 heteroatoms. The third-order valence-corrected chi connectivity index (χ3v) is 5.49. The van der Waals surface area contributed by atoms with Crippen LogP contribution in [0.3, 0.4) is 0 Å². The number of carbonyl (C=O) groups excluding carboxylic acids is 3. The van der Waals surface area contributed by atoms with Crippen LogP contribution in [0.2, 0.25) is 10.0 Å².